The second-order valence-electron chi connectivity index (χ2n) is 6.63. The highest BCUT2D eigenvalue weighted by atomic mass is 16.5. The monoisotopic (exact) mass is 359 g/mol. The number of nitrogens with zero attached hydrogens (tertiary/aromatic N) is 3. The Hall–Kier alpha value is -2.41. The maximum atomic E-state index is 12.8. The number of carbonyl (C=O) groups is 2. The molecule has 0 spiro atoms. The number of aromatic nitrogens is 2. The summed E-state index contributed by atoms with van der Waals surface area (Å²) in [6.07, 6.45) is 6.18. The number of aryl methyl sites for hydroxylation is 1. The Morgan fingerprint density at radius 3 is 3.00 bits per heavy atom. The highest BCUT2D eigenvalue weighted by Crippen LogP contribution is 2.15. The van der Waals surface area contributed by atoms with Crippen LogP contribution in [0, 0.1) is 6.92 Å². The van der Waals surface area contributed by atoms with Crippen molar-refractivity contribution in [3.63, 3.8) is 0 Å². The number of fused-ring (bicyclic) bond motifs is 1. The molecule has 1 amide bonds. The molecule has 1 saturated heterocycles. The van der Waals surface area contributed by atoms with Gasteiger partial charge in [-0.3, -0.25) is 9.59 Å². The van der Waals surface area contributed by atoms with E-state index in [0.717, 1.165) is 36.4 Å². The molecule has 3 rings (SSSR count). The molecule has 1 aliphatic rings. The highest BCUT2D eigenvalue weighted by Gasteiger charge is 2.24. The smallest absolute Gasteiger partial charge is 0.307 e. The molecule has 1 fully saturated rings. The van der Waals surface area contributed by atoms with Gasteiger partial charge in [-0.25, -0.2) is 4.98 Å². The van der Waals surface area contributed by atoms with Crippen LogP contribution in [0.15, 0.2) is 24.5 Å². The molecular formula is C19H25N3O4. The molecule has 140 valence electrons. The molecule has 2 aromatic heterocycles. The number of hydrogen-bond donors (Lipinski definition) is 0. The van der Waals surface area contributed by atoms with E-state index in [0.29, 0.717) is 13.1 Å². The van der Waals surface area contributed by atoms with E-state index in [1.54, 1.807) is 4.90 Å². The molecule has 1 unspecified atom stereocenters. The second kappa shape index (κ2) is 8.31. The summed E-state index contributed by atoms with van der Waals surface area (Å²) in [5.74, 6) is -0.371. The van der Waals surface area contributed by atoms with Crippen molar-refractivity contribution in [1.29, 1.82) is 0 Å². The van der Waals surface area contributed by atoms with Crippen LogP contribution in [0.25, 0.3) is 5.65 Å². The molecule has 1 atom stereocenters. The summed E-state index contributed by atoms with van der Waals surface area (Å²) in [7, 11) is 1.35. The molecule has 26 heavy (non-hydrogen) atoms. The number of ether oxygens (including phenoxy) is 2. The normalized spacial score (nSPS) is 16.8. The Balaban J connectivity index is 1.69. The highest BCUT2D eigenvalue weighted by molar-refractivity contribution is 5.79. The van der Waals surface area contributed by atoms with Crippen molar-refractivity contribution in [3.8, 4) is 0 Å². The third kappa shape index (κ3) is 4.40. The Labute approximate surface area is 152 Å². The Bertz CT molecular complexity index is 780. The first-order chi connectivity index (χ1) is 12.6. The first-order valence-corrected chi connectivity index (χ1v) is 8.96. The fraction of sp³-hybridized carbons (Fsp3) is 0.526. The molecule has 7 nitrogen and oxygen atoms in total. The van der Waals surface area contributed by atoms with Crippen LogP contribution in [0.3, 0.4) is 0 Å². The van der Waals surface area contributed by atoms with E-state index in [1.807, 2.05) is 35.9 Å². The number of methoxy groups -OCH3 is 1. The molecule has 0 radical (unpaired) electrons. The predicted molar refractivity (Wildman–Crippen MR) is 95.8 cm³/mol. The van der Waals surface area contributed by atoms with Gasteiger partial charge >= 0.3 is 5.97 Å². The minimum atomic E-state index is -0.321. The maximum Gasteiger partial charge on any atom is 0.307 e. The van der Waals surface area contributed by atoms with E-state index in [2.05, 4.69) is 4.98 Å². The van der Waals surface area contributed by atoms with Crippen LogP contribution in [-0.2, 0) is 25.5 Å². The summed E-state index contributed by atoms with van der Waals surface area (Å²) in [4.78, 5) is 30.6. The lowest BCUT2D eigenvalue weighted by Gasteiger charge is -2.25. The maximum absolute atomic E-state index is 12.8. The summed E-state index contributed by atoms with van der Waals surface area (Å²) in [6.45, 7) is 3.56. The molecule has 0 aliphatic carbocycles. The Kier molecular flexibility index (Phi) is 5.88. The Morgan fingerprint density at radius 2 is 2.31 bits per heavy atom. The van der Waals surface area contributed by atoms with Crippen LogP contribution in [0.1, 0.15) is 30.5 Å². The summed E-state index contributed by atoms with van der Waals surface area (Å²) in [6, 6.07) is 3.95. The first-order valence-electron chi connectivity index (χ1n) is 8.96. The molecule has 0 N–H and O–H groups in total. The number of carbonyl (C=O) groups excluding carboxylic acids is 2. The van der Waals surface area contributed by atoms with Gasteiger partial charge in [0.15, 0.2) is 0 Å². The largest absolute Gasteiger partial charge is 0.469 e. The number of amides is 1. The summed E-state index contributed by atoms with van der Waals surface area (Å²) in [5.41, 5.74) is 2.64. The van der Waals surface area contributed by atoms with E-state index >= 15 is 0 Å². The van der Waals surface area contributed by atoms with Crippen molar-refractivity contribution < 1.29 is 19.1 Å². The number of hydrogen-bond acceptors (Lipinski definition) is 5. The van der Waals surface area contributed by atoms with Gasteiger partial charge in [0.25, 0.3) is 0 Å². The number of rotatable bonds is 7. The van der Waals surface area contributed by atoms with Gasteiger partial charge in [-0.05, 0) is 31.4 Å². The zero-order valence-electron chi connectivity index (χ0n) is 15.3. The average Bonchev–Trinajstić information content (AvgIpc) is 3.28. The minimum absolute atomic E-state index is 0.0416. The van der Waals surface area contributed by atoms with Crippen molar-refractivity contribution in [3.05, 3.63) is 35.8 Å². The van der Waals surface area contributed by atoms with Gasteiger partial charge in [0.1, 0.15) is 5.65 Å². The molecule has 0 bridgehead atoms. The minimum Gasteiger partial charge on any atom is -0.469 e. The topological polar surface area (TPSA) is 73.1 Å². The van der Waals surface area contributed by atoms with E-state index in [-0.39, 0.29) is 30.8 Å². The molecule has 3 heterocycles. The van der Waals surface area contributed by atoms with Crippen molar-refractivity contribution in [2.75, 3.05) is 26.8 Å². The lowest BCUT2D eigenvalue weighted by Crippen LogP contribution is -2.39. The predicted octanol–water partition coefficient (Wildman–Crippen LogP) is 1.76. The number of esters is 1. The summed E-state index contributed by atoms with van der Waals surface area (Å²) in [5, 5.41) is 0. The molecule has 1 aliphatic heterocycles. The standard InChI is InChI=1S/C19H25N3O4/c1-14-5-3-8-22-12-15(20-19(14)22)11-17(23)21(9-7-18(24)25-2)13-16-6-4-10-26-16/h3,5,8,12,16H,4,6-7,9-11,13H2,1-2H3. The van der Waals surface area contributed by atoms with Crippen LogP contribution in [-0.4, -0.2) is 59.1 Å². The van der Waals surface area contributed by atoms with Crippen molar-refractivity contribution in [1.82, 2.24) is 14.3 Å². The van der Waals surface area contributed by atoms with Gasteiger partial charge in [0, 0.05) is 32.1 Å². The number of pyridine rings is 1. The lowest BCUT2D eigenvalue weighted by atomic mass is 10.2. The third-order valence-corrected chi connectivity index (χ3v) is 4.67. The fourth-order valence-corrected chi connectivity index (χ4v) is 3.24. The van der Waals surface area contributed by atoms with Gasteiger partial charge in [0.2, 0.25) is 5.91 Å². The van der Waals surface area contributed by atoms with Crippen molar-refractivity contribution >= 4 is 17.5 Å². The van der Waals surface area contributed by atoms with E-state index in [4.69, 9.17) is 9.47 Å². The molecule has 0 aromatic carbocycles. The second-order valence-corrected chi connectivity index (χ2v) is 6.63. The average molecular weight is 359 g/mol. The zero-order chi connectivity index (χ0) is 18.5. The van der Waals surface area contributed by atoms with Crippen LogP contribution in [0.4, 0.5) is 0 Å². The van der Waals surface area contributed by atoms with Crippen LogP contribution in [0.5, 0.6) is 0 Å². The van der Waals surface area contributed by atoms with Crippen LogP contribution >= 0.6 is 0 Å². The van der Waals surface area contributed by atoms with Gasteiger partial charge < -0.3 is 18.8 Å². The fourth-order valence-electron chi connectivity index (χ4n) is 3.24. The molecule has 0 saturated carbocycles. The quantitative estimate of drug-likeness (QED) is 0.704. The first kappa shape index (κ1) is 18.4. The molecule has 2 aromatic rings. The number of imidazole rings is 1. The summed E-state index contributed by atoms with van der Waals surface area (Å²) < 4.78 is 12.3. The van der Waals surface area contributed by atoms with E-state index in [1.165, 1.54) is 7.11 Å². The van der Waals surface area contributed by atoms with E-state index in [9.17, 15) is 9.59 Å². The van der Waals surface area contributed by atoms with Crippen molar-refractivity contribution in [2.45, 2.75) is 38.7 Å². The van der Waals surface area contributed by atoms with Gasteiger partial charge in [-0.2, -0.15) is 0 Å². The molecule has 7 heteroatoms. The summed E-state index contributed by atoms with van der Waals surface area (Å²) >= 11 is 0. The van der Waals surface area contributed by atoms with Crippen LogP contribution in [0.2, 0.25) is 0 Å². The molecular weight excluding hydrogens is 334 g/mol. The van der Waals surface area contributed by atoms with Gasteiger partial charge in [0.05, 0.1) is 31.7 Å². The Morgan fingerprint density at radius 1 is 1.46 bits per heavy atom. The van der Waals surface area contributed by atoms with Gasteiger partial charge in [-0.15, -0.1) is 0 Å². The lowest BCUT2D eigenvalue weighted by molar-refractivity contribution is -0.142. The van der Waals surface area contributed by atoms with E-state index < -0.39 is 0 Å². The van der Waals surface area contributed by atoms with Crippen molar-refractivity contribution in [2.24, 2.45) is 0 Å². The third-order valence-electron chi connectivity index (χ3n) is 4.67. The SMILES string of the molecule is COC(=O)CCN(CC1CCCO1)C(=O)Cc1cn2cccc(C)c2n1. The zero-order valence-corrected chi connectivity index (χ0v) is 15.3. The van der Waals surface area contributed by atoms with Crippen LogP contribution < -0.4 is 0 Å². The van der Waals surface area contributed by atoms with Gasteiger partial charge in [-0.1, -0.05) is 6.07 Å².